The van der Waals surface area contributed by atoms with Gasteiger partial charge in [0.1, 0.15) is 18.0 Å². The molecule has 9 nitrogen and oxygen atoms in total. The normalized spacial score (nSPS) is 22.4. The molecule has 3 N–H and O–H groups in total. The number of pyridine rings is 2. The average Bonchev–Trinajstić information content (AvgIpc) is 3.26. The van der Waals surface area contributed by atoms with Crippen molar-refractivity contribution < 1.29 is 24.2 Å². The molecule has 35 heavy (non-hydrogen) atoms. The SMILES string of the molecule is O=C(C[C@@H]1C[C@@H]2c3cc(NC(=O)c4cccnc4)ccc3O[C@@H]2[C@H](CO)O1)NCc1cccnc1. The first-order valence-electron chi connectivity index (χ1n) is 11.5. The van der Waals surface area contributed by atoms with Crippen LogP contribution in [0, 0.1) is 0 Å². The summed E-state index contributed by atoms with van der Waals surface area (Å²) >= 11 is 0. The lowest BCUT2D eigenvalue weighted by atomic mass is 9.84. The van der Waals surface area contributed by atoms with E-state index in [0.717, 1.165) is 11.1 Å². The molecule has 5 rings (SSSR count). The van der Waals surface area contributed by atoms with Crippen LogP contribution in [0.25, 0.3) is 0 Å². The zero-order valence-electron chi connectivity index (χ0n) is 19.0. The molecule has 0 radical (unpaired) electrons. The van der Waals surface area contributed by atoms with Gasteiger partial charge in [0.2, 0.25) is 5.91 Å². The van der Waals surface area contributed by atoms with Crippen LogP contribution in [0.2, 0.25) is 0 Å². The first-order chi connectivity index (χ1) is 17.1. The van der Waals surface area contributed by atoms with Crippen molar-refractivity contribution in [2.45, 2.75) is 43.6 Å². The van der Waals surface area contributed by atoms with Crippen molar-refractivity contribution in [3.63, 3.8) is 0 Å². The number of nitrogens with one attached hydrogen (secondary N) is 2. The summed E-state index contributed by atoms with van der Waals surface area (Å²) in [5, 5.41) is 15.7. The Bertz CT molecular complexity index is 1190. The number of hydrogen-bond acceptors (Lipinski definition) is 7. The first kappa shape index (κ1) is 22.9. The van der Waals surface area contributed by atoms with Gasteiger partial charge >= 0.3 is 0 Å². The lowest BCUT2D eigenvalue weighted by molar-refractivity contribution is -0.142. The largest absolute Gasteiger partial charge is 0.487 e. The van der Waals surface area contributed by atoms with Crippen molar-refractivity contribution in [1.82, 2.24) is 15.3 Å². The average molecular weight is 475 g/mol. The van der Waals surface area contributed by atoms with Crippen molar-refractivity contribution in [3.8, 4) is 5.75 Å². The van der Waals surface area contributed by atoms with Gasteiger partial charge in [0.25, 0.3) is 5.91 Å². The van der Waals surface area contributed by atoms with Crippen LogP contribution in [-0.2, 0) is 16.1 Å². The van der Waals surface area contributed by atoms with Crippen LogP contribution in [0.15, 0.2) is 67.3 Å². The second-order valence-corrected chi connectivity index (χ2v) is 8.69. The third-order valence-corrected chi connectivity index (χ3v) is 6.31. The number of benzene rings is 1. The summed E-state index contributed by atoms with van der Waals surface area (Å²) in [6.45, 7) is 0.175. The number of aliphatic hydroxyl groups is 1. The van der Waals surface area contributed by atoms with Gasteiger partial charge in [0.05, 0.1) is 24.7 Å². The van der Waals surface area contributed by atoms with E-state index in [4.69, 9.17) is 9.47 Å². The summed E-state index contributed by atoms with van der Waals surface area (Å²) in [6.07, 6.45) is 5.98. The highest BCUT2D eigenvalue weighted by atomic mass is 16.6. The number of fused-ring (bicyclic) bond motifs is 3. The maximum atomic E-state index is 12.6. The molecule has 1 saturated heterocycles. The van der Waals surface area contributed by atoms with Gasteiger partial charge in [-0.2, -0.15) is 0 Å². The maximum absolute atomic E-state index is 12.6. The highest BCUT2D eigenvalue weighted by Gasteiger charge is 2.46. The quantitative estimate of drug-likeness (QED) is 0.481. The Morgan fingerprint density at radius 2 is 1.91 bits per heavy atom. The number of aromatic nitrogens is 2. The third kappa shape index (κ3) is 5.16. The predicted molar refractivity (Wildman–Crippen MR) is 127 cm³/mol. The Morgan fingerprint density at radius 3 is 2.66 bits per heavy atom. The van der Waals surface area contributed by atoms with Crippen molar-refractivity contribution in [2.24, 2.45) is 0 Å². The second-order valence-electron chi connectivity index (χ2n) is 8.69. The van der Waals surface area contributed by atoms with E-state index < -0.39 is 6.10 Å². The summed E-state index contributed by atoms with van der Waals surface area (Å²) in [5.74, 6) is 0.243. The number of rotatable bonds is 7. The van der Waals surface area contributed by atoms with Gasteiger partial charge in [-0.05, 0) is 48.4 Å². The van der Waals surface area contributed by atoms with Crippen molar-refractivity contribution in [1.29, 1.82) is 0 Å². The van der Waals surface area contributed by atoms with Gasteiger partial charge in [-0.25, -0.2) is 0 Å². The molecule has 4 heterocycles. The molecule has 0 bridgehead atoms. The Kier molecular flexibility index (Phi) is 6.69. The van der Waals surface area contributed by atoms with Gasteiger partial charge in [-0.15, -0.1) is 0 Å². The van der Waals surface area contributed by atoms with E-state index in [2.05, 4.69) is 20.6 Å². The number of amides is 2. The van der Waals surface area contributed by atoms with Gasteiger partial charge in [-0.3, -0.25) is 19.6 Å². The minimum absolute atomic E-state index is 0.0673. The molecule has 3 aromatic rings. The topological polar surface area (TPSA) is 123 Å². The Morgan fingerprint density at radius 1 is 1.09 bits per heavy atom. The smallest absolute Gasteiger partial charge is 0.257 e. The monoisotopic (exact) mass is 474 g/mol. The van der Waals surface area contributed by atoms with Crippen LogP contribution in [0.4, 0.5) is 5.69 Å². The molecule has 4 atom stereocenters. The number of aliphatic hydroxyl groups excluding tert-OH is 1. The molecular formula is C26H26N4O5. The molecule has 2 amide bonds. The summed E-state index contributed by atoms with van der Waals surface area (Å²) in [5.41, 5.74) is 2.95. The van der Waals surface area contributed by atoms with Crippen LogP contribution < -0.4 is 15.4 Å². The van der Waals surface area contributed by atoms with E-state index in [-0.39, 0.29) is 43.0 Å². The fraction of sp³-hybridized carbons (Fsp3) is 0.308. The molecule has 2 aliphatic heterocycles. The molecule has 0 saturated carbocycles. The van der Waals surface area contributed by atoms with Crippen LogP contribution in [-0.4, -0.2) is 51.8 Å². The lowest BCUT2D eigenvalue weighted by Gasteiger charge is -2.37. The minimum Gasteiger partial charge on any atom is -0.487 e. The number of hydrogen-bond donors (Lipinski definition) is 3. The minimum atomic E-state index is -0.550. The molecule has 180 valence electrons. The van der Waals surface area contributed by atoms with E-state index in [9.17, 15) is 14.7 Å². The van der Waals surface area contributed by atoms with E-state index in [0.29, 0.717) is 30.0 Å². The zero-order chi connectivity index (χ0) is 24.2. The van der Waals surface area contributed by atoms with E-state index >= 15 is 0 Å². The molecule has 0 unspecified atom stereocenters. The summed E-state index contributed by atoms with van der Waals surface area (Å²) < 4.78 is 12.1. The lowest BCUT2D eigenvalue weighted by Crippen LogP contribution is -2.47. The number of anilines is 1. The molecule has 2 aromatic heterocycles. The molecular weight excluding hydrogens is 448 g/mol. The number of carbonyl (C=O) groups excluding carboxylic acids is 2. The highest BCUT2D eigenvalue weighted by molar-refractivity contribution is 6.04. The van der Waals surface area contributed by atoms with Crippen LogP contribution in [0.3, 0.4) is 0 Å². The molecule has 1 fully saturated rings. The van der Waals surface area contributed by atoms with Gasteiger partial charge in [0.15, 0.2) is 0 Å². The maximum Gasteiger partial charge on any atom is 0.257 e. The molecule has 9 heteroatoms. The second kappa shape index (κ2) is 10.2. The zero-order valence-corrected chi connectivity index (χ0v) is 19.0. The summed E-state index contributed by atoms with van der Waals surface area (Å²) in [4.78, 5) is 33.2. The number of ether oxygens (including phenoxy) is 2. The standard InChI is InChI=1S/C26H26N4O5/c31-15-23-25-21(10-19(34-23)11-24(32)29-13-16-3-1-7-27-12-16)20-9-18(5-6-22(20)35-25)30-26(33)17-4-2-8-28-14-17/h1-9,12,14,19,21,23,25,31H,10-11,13,15H2,(H,29,32)(H,30,33)/t19-,21+,23-,25-/m0/s1. The molecule has 0 aliphatic carbocycles. The molecule has 0 spiro atoms. The number of carbonyl (C=O) groups is 2. The van der Waals surface area contributed by atoms with Crippen LogP contribution in [0.5, 0.6) is 5.75 Å². The summed E-state index contributed by atoms with van der Waals surface area (Å²) in [7, 11) is 0. The summed E-state index contributed by atoms with van der Waals surface area (Å²) in [6, 6.07) is 12.6. The van der Waals surface area contributed by atoms with Gasteiger partial charge in [0, 0.05) is 48.5 Å². The fourth-order valence-electron chi connectivity index (χ4n) is 4.65. The predicted octanol–water partition coefficient (Wildman–Crippen LogP) is 2.43. The number of nitrogens with zero attached hydrogens (tertiary/aromatic N) is 2. The van der Waals surface area contributed by atoms with Gasteiger partial charge in [-0.1, -0.05) is 6.07 Å². The molecule has 2 aliphatic rings. The van der Waals surface area contributed by atoms with E-state index in [1.807, 2.05) is 24.3 Å². The Hall–Kier alpha value is -3.82. The molecule has 1 aromatic carbocycles. The first-order valence-corrected chi connectivity index (χ1v) is 11.5. The third-order valence-electron chi connectivity index (χ3n) is 6.31. The van der Waals surface area contributed by atoms with Crippen LogP contribution in [0.1, 0.15) is 40.2 Å². The van der Waals surface area contributed by atoms with Gasteiger partial charge < -0.3 is 25.2 Å². The van der Waals surface area contributed by atoms with Crippen molar-refractivity contribution in [2.75, 3.05) is 11.9 Å². The van der Waals surface area contributed by atoms with E-state index in [1.54, 1.807) is 36.8 Å². The highest BCUT2D eigenvalue weighted by Crippen LogP contribution is 2.47. The van der Waals surface area contributed by atoms with Crippen molar-refractivity contribution >= 4 is 17.5 Å². The van der Waals surface area contributed by atoms with E-state index in [1.165, 1.54) is 6.20 Å². The van der Waals surface area contributed by atoms with Crippen LogP contribution >= 0.6 is 0 Å². The fourth-order valence-corrected chi connectivity index (χ4v) is 4.65. The van der Waals surface area contributed by atoms with Crippen molar-refractivity contribution in [3.05, 3.63) is 83.9 Å². The Balaban J connectivity index is 1.26. The Labute approximate surface area is 202 Å².